The average molecular weight is 235 g/mol. The molecule has 82 valence electrons. The Labute approximate surface area is 95.9 Å². The number of nitro benzene ring substituents is 1. The lowest BCUT2D eigenvalue weighted by Crippen LogP contribution is -1.97. The van der Waals surface area contributed by atoms with Gasteiger partial charge in [-0.15, -0.1) is 11.3 Å². The van der Waals surface area contributed by atoms with Crippen molar-refractivity contribution in [1.29, 1.82) is 0 Å². The number of hydrogen-bond acceptors (Lipinski definition) is 5. The first-order chi connectivity index (χ1) is 7.75. The Morgan fingerprint density at radius 3 is 2.69 bits per heavy atom. The van der Waals surface area contributed by atoms with Crippen molar-refractivity contribution in [3.63, 3.8) is 0 Å². The Morgan fingerprint density at radius 1 is 1.38 bits per heavy atom. The molecule has 0 unspecified atom stereocenters. The summed E-state index contributed by atoms with van der Waals surface area (Å²) in [6.45, 7) is 0.683. The molecule has 0 aliphatic heterocycles. The van der Waals surface area contributed by atoms with Gasteiger partial charge in [-0.2, -0.15) is 0 Å². The number of nitrogens with one attached hydrogen (secondary N) is 1. The van der Waals surface area contributed by atoms with Crippen LogP contribution in [0.5, 0.6) is 0 Å². The maximum atomic E-state index is 10.4. The largest absolute Gasteiger partial charge is 0.380 e. The number of benzene rings is 1. The van der Waals surface area contributed by atoms with Crippen molar-refractivity contribution in [2.75, 3.05) is 5.32 Å². The summed E-state index contributed by atoms with van der Waals surface area (Å²) in [6.07, 6.45) is 1.79. The molecule has 0 atom stereocenters. The fraction of sp³-hybridized carbons (Fsp3) is 0.100. The molecular formula is C10H9N3O2S. The van der Waals surface area contributed by atoms with Crippen molar-refractivity contribution < 1.29 is 4.92 Å². The zero-order valence-corrected chi connectivity index (χ0v) is 9.11. The summed E-state index contributed by atoms with van der Waals surface area (Å²) in [4.78, 5) is 15.1. The molecule has 2 aromatic rings. The quantitative estimate of drug-likeness (QED) is 0.653. The molecule has 5 nitrogen and oxygen atoms in total. The van der Waals surface area contributed by atoms with Crippen molar-refractivity contribution in [3.8, 4) is 0 Å². The van der Waals surface area contributed by atoms with Gasteiger partial charge in [-0.3, -0.25) is 15.1 Å². The van der Waals surface area contributed by atoms with E-state index in [4.69, 9.17) is 0 Å². The predicted molar refractivity (Wildman–Crippen MR) is 62.5 cm³/mol. The van der Waals surface area contributed by atoms with Crippen LogP contribution in [0.15, 0.2) is 36.0 Å². The lowest BCUT2D eigenvalue weighted by Gasteiger charge is -2.03. The zero-order valence-electron chi connectivity index (χ0n) is 8.29. The van der Waals surface area contributed by atoms with Gasteiger partial charge in [-0.25, -0.2) is 0 Å². The third-order valence-electron chi connectivity index (χ3n) is 2.03. The molecule has 1 aromatic heterocycles. The first-order valence-electron chi connectivity index (χ1n) is 4.61. The molecule has 1 aromatic carbocycles. The van der Waals surface area contributed by atoms with E-state index in [-0.39, 0.29) is 5.69 Å². The monoisotopic (exact) mass is 235 g/mol. The minimum atomic E-state index is -0.410. The molecule has 1 N–H and O–H groups in total. The molecule has 0 fully saturated rings. The fourth-order valence-electron chi connectivity index (χ4n) is 1.22. The second-order valence-electron chi connectivity index (χ2n) is 3.13. The van der Waals surface area contributed by atoms with E-state index in [0.717, 1.165) is 10.6 Å². The van der Waals surface area contributed by atoms with E-state index < -0.39 is 4.92 Å². The number of nitrogens with zero attached hydrogens (tertiary/aromatic N) is 2. The smallest absolute Gasteiger partial charge is 0.269 e. The summed E-state index contributed by atoms with van der Waals surface area (Å²) < 4.78 is 0. The van der Waals surface area contributed by atoms with E-state index in [0.29, 0.717) is 6.54 Å². The summed E-state index contributed by atoms with van der Waals surface area (Å²) in [7, 11) is 0. The standard InChI is InChI=1S/C10H9N3O2S/c14-13(15)9-3-1-8(2-4-9)12-6-10-5-11-7-16-10/h1-5,7,12H,6H2. The van der Waals surface area contributed by atoms with Crippen LogP contribution in [0.1, 0.15) is 4.88 Å². The summed E-state index contributed by atoms with van der Waals surface area (Å²) >= 11 is 1.57. The van der Waals surface area contributed by atoms with Crippen molar-refractivity contribution >= 4 is 22.7 Å². The number of rotatable bonds is 4. The van der Waals surface area contributed by atoms with Gasteiger partial charge in [-0.1, -0.05) is 0 Å². The van der Waals surface area contributed by atoms with Crippen LogP contribution in [0, 0.1) is 10.1 Å². The highest BCUT2D eigenvalue weighted by Crippen LogP contribution is 2.16. The Bertz CT molecular complexity index is 467. The molecule has 0 bridgehead atoms. The number of non-ortho nitro benzene ring substituents is 1. The van der Waals surface area contributed by atoms with Crippen LogP contribution >= 0.6 is 11.3 Å². The van der Waals surface area contributed by atoms with Crippen molar-refractivity contribution in [2.45, 2.75) is 6.54 Å². The van der Waals surface area contributed by atoms with Crippen LogP contribution in [-0.2, 0) is 6.54 Å². The normalized spacial score (nSPS) is 10.0. The van der Waals surface area contributed by atoms with Gasteiger partial charge < -0.3 is 5.32 Å². The van der Waals surface area contributed by atoms with Gasteiger partial charge >= 0.3 is 0 Å². The highest BCUT2D eigenvalue weighted by molar-refractivity contribution is 7.09. The fourth-order valence-corrected chi connectivity index (χ4v) is 1.75. The van der Waals surface area contributed by atoms with Gasteiger partial charge in [0.15, 0.2) is 0 Å². The number of anilines is 1. The Kier molecular flexibility index (Phi) is 3.11. The molecule has 6 heteroatoms. The van der Waals surface area contributed by atoms with Crippen LogP contribution in [0.4, 0.5) is 11.4 Å². The molecule has 0 saturated heterocycles. The van der Waals surface area contributed by atoms with E-state index in [9.17, 15) is 10.1 Å². The lowest BCUT2D eigenvalue weighted by atomic mass is 10.3. The maximum Gasteiger partial charge on any atom is 0.269 e. The molecular weight excluding hydrogens is 226 g/mol. The predicted octanol–water partition coefficient (Wildman–Crippen LogP) is 2.66. The topological polar surface area (TPSA) is 68.1 Å². The number of aromatic nitrogens is 1. The summed E-state index contributed by atoms with van der Waals surface area (Å²) in [5, 5.41) is 13.6. The second-order valence-corrected chi connectivity index (χ2v) is 4.10. The SMILES string of the molecule is O=[N+]([O-])c1ccc(NCc2cncs2)cc1. The molecule has 1 heterocycles. The van der Waals surface area contributed by atoms with Gasteiger partial charge in [0.1, 0.15) is 0 Å². The van der Waals surface area contributed by atoms with Crippen LogP contribution in [0.25, 0.3) is 0 Å². The molecule has 0 radical (unpaired) electrons. The van der Waals surface area contributed by atoms with Crippen molar-refractivity contribution in [2.24, 2.45) is 0 Å². The second kappa shape index (κ2) is 4.71. The Hall–Kier alpha value is -1.95. The lowest BCUT2D eigenvalue weighted by molar-refractivity contribution is -0.384. The maximum absolute atomic E-state index is 10.4. The molecule has 2 rings (SSSR count). The first kappa shape index (κ1) is 10.6. The van der Waals surface area contributed by atoms with Crippen LogP contribution < -0.4 is 5.32 Å². The molecule has 0 aliphatic carbocycles. The van der Waals surface area contributed by atoms with E-state index in [1.807, 2.05) is 0 Å². The van der Waals surface area contributed by atoms with Gasteiger partial charge in [-0.05, 0) is 12.1 Å². The van der Waals surface area contributed by atoms with Crippen molar-refractivity contribution in [1.82, 2.24) is 4.98 Å². The Balaban J connectivity index is 1.98. The summed E-state index contributed by atoms with van der Waals surface area (Å²) in [6, 6.07) is 6.35. The number of hydrogen-bond donors (Lipinski definition) is 1. The van der Waals surface area contributed by atoms with E-state index >= 15 is 0 Å². The highest BCUT2D eigenvalue weighted by Gasteiger charge is 2.03. The third kappa shape index (κ3) is 2.54. The van der Waals surface area contributed by atoms with Crippen LogP contribution in [0.3, 0.4) is 0 Å². The average Bonchev–Trinajstić information content (AvgIpc) is 2.80. The number of thiazole rings is 1. The van der Waals surface area contributed by atoms with Gasteiger partial charge in [0, 0.05) is 28.9 Å². The summed E-state index contributed by atoms with van der Waals surface area (Å²) in [5.41, 5.74) is 2.73. The van der Waals surface area contributed by atoms with E-state index in [1.54, 1.807) is 35.2 Å². The van der Waals surface area contributed by atoms with Crippen LogP contribution in [-0.4, -0.2) is 9.91 Å². The molecule has 0 spiro atoms. The highest BCUT2D eigenvalue weighted by atomic mass is 32.1. The van der Waals surface area contributed by atoms with Crippen LogP contribution in [0.2, 0.25) is 0 Å². The zero-order chi connectivity index (χ0) is 11.4. The minimum absolute atomic E-state index is 0.100. The van der Waals surface area contributed by atoms with Gasteiger partial charge in [0.05, 0.1) is 17.0 Å². The Morgan fingerprint density at radius 2 is 2.12 bits per heavy atom. The number of nitro groups is 1. The molecule has 0 aliphatic rings. The minimum Gasteiger partial charge on any atom is -0.380 e. The molecule has 0 amide bonds. The van der Waals surface area contributed by atoms with Gasteiger partial charge in [0.2, 0.25) is 0 Å². The summed E-state index contributed by atoms with van der Waals surface area (Å²) in [5.74, 6) is 0. The molecule has 0 saturated carbocycles. The van der Waals surface area contributed by atoms with Gasteiger partial charge in [0.25, 0.3) is 5.69 Å². The van der Waals surface area contributed by atoms with E-state index in [1.165, 1.54) is 12.1 Å². The first-order valence-corrected chi connectivity index (χ1v) is 5.49. The third-order valence-corrected chi connectivity index (χ3v) is 2.81. The van der Waals surface area contributed by atoms with Crippen molar-refractivity contribution in [3.05, 3.63) is 51.0 Å². The van der Waals surface area contributed by atoms with E-state index in [2.05, 4.69) is 10.3 Å². The molecule has 16 heavy (non-hydrogen) atoms.